The Morgan fingerprint density at radius 1 is 1.18 bits per heavy atom. The van der Waals surface area contributed by atoms with E-state index in [1.54, 1.807) is 11.8 Å². The van der Waals surface area contributed by atoms with Crippen LogP contribution in [0.15, 0.2) is 65.8 Å². The topological polar surface area (TPSA) is 78.1 Å². The number of rotatable bonds is 5. The van der Waals surface area contributed by atoms with Crippen LogP contribution in [-0.4, -0.2) is 39.5 Å². The smallest absolute Gasteiger partial charge is 0.254 e. The number of benzene rings is 2. The minimum Gasteiger partial charge on any atom is -0.361 e. The maximum Gasteiger partial charge on any atom is 0.254 e. The van der Waals surface area contributed by atoms with Gasteiger partial charge in [0.15, 0.2) is 0 Å². The summed E-state index contributed by atoms with van der Waals surface area (Å²) in [6.07, 6.45) is 6.45. The Labute approximate surface area is 202 Å². The summed E-state index contributed by atoms with van der Waals surface area (Å²) in [5, 5.41) is 4.17. The zero-order valence-electron chi connectivity index (χ0n) is 19.2. The summed E-state index contributed by atoms with van der Waals surface area (Å²) in [6.45, 7) is 3.54. The summed E-state index contributed by atoms with van der Waals surface area (Å²) in [4.78, 5) is 36.6. The molecule has 5 rings (SSSR count). The molecule has 2 amide bonds. The molecule has 0 bridgehead atoms. The van der Waals surface area contributed by atoms with Gasteiger partial charge in [-0.3, -0.25) is 14.6 Å². The molecule has 0 unspecified atom stereocenters. The van der Waals surface area contributed by atoms with E-state index in [0.29, 0.717) is 30.8 Å². The van der Waals surface area contributed by atoms with Gasteiger partial charge >= 0.3 is 0 Å². The fraction of sp³-hybridized carbons (Fsp3) is 0.222. The SMILES string of the molecule is CSc1ccccc1C(=O)NCc1c(C)ncc2c1CCN(C(=O)c1ccc3cc[nH]c3c1)C2. The Hall–Kier alpha value is -3.58. The van der Waals surface area contributed by atoms with E-state index in [4.69, 9.17) is 0 Å². The number of fused-ring (bicyclic) bond motifs is 2. The molecule has 4 aromatic rings. The second-order valence-corrected chi connectivity index (χ2v) is 9.31. The summed E-state index contributed by atoms with van der Waals surface area (Å²) in [7, 11) is 0. The number of amides is 2. The highest BCUT2D eigenvalue weighted by molar-refractivity contribution is 7.98. The lowest BCUT2D eigenvalue weighted by Gasteiger charge is -2.30. The Balaban J connectivity index is 1.33. The minimum atomic E-state index is -0.0886. The molecule has 2 N–H and O–H groups in total. The zero-order valence-corrected chi connectivity index (χ0v) is 20.0. The van der Waals surface area contributed by atoms with Gasteiger partial charge in [-0.15, -0.1) is 11.8 Å². The third-order valence-electron chi connectivity index (χ3n) is 6.46. The van der Waals surface area contributed by atoms with Crippen molar-refractivity contribution in [1.82, 2.24) is 20.2 Å². The third kappa shape index (κ3) is 4.19. The molecule has 34 heavy (non-hydrogen) atoms. The first kappa shape index (κ1) is 22.2. The number of carbonyl (C=O) groups excluding carboxylic acids is 2. The third-order valence-corrected chi connectivity index (χ3v) is 7.26. The van der Waals surface area contributed by atoms with Crippen LogP contribution in [0.4, 0.5) is 0 Å². The van der Waals surface area contributed by atoms with Gasteiger partial charge in [-0.2, -0.15) is 0 Å². The van der Waals surface area contributed by atoms with Crippen LogP contribution >= 0.6 is 11.8 Å². The molecule has 1 aliphatic heterocycles. The van der Waals surface area contributed by atoms with Crippen molar-refractivity contribution in [2.24, 2.45) is 0 Å². The van der Waals surface area contributed by atoms with Gasteiger partial charge in [0.25, 0.3) is 11.8 Å². The van der Waals surface area contributed by atoms with E-state index in [2.05, 4.69) is 15.3 Å². The number of H-pyrrole nitrogens is 1. The van der Waals surface area contributed by atoms with E-state index in [-0.39, 0.29) is 11.8 Å². The van der Waals surface area contributed by atoms with Crippen molar-refractivity contribution in [2.75, 3.05) is 12.8 Å². The molecule has 0 atom stereocenters. The molecule has 0 saturated carbocycles. The van der Waals surface area contributed by atoms with Crippen molar-refractivity contribution in [3.63, 3.8) is 0 Å². The predicted octanol–water partition coefficient (Wildman–Crippen LogP) is 4.72. The molecule has 3 heterocycles. The van der Waals surface area contributed by atoms with Crippen LogP contribution in [0.1, 0.15) is 43.1 Å². The van der Waals surface area contributed by atoms with Crippen LogP contribution in [0, 0.1) is 6.92 Å². The van der Waals surface area contributed by atoms with Gasteiger partial charge in [-0.25, -0.2) is 0 Å². The lowest BCUT2D eigenvalue weighted by atomic mass is 9.94. The monoisotopic (exact) mass is 470 g/mol. The van der Waals surface area contributed by atoms with Gasteiger partial charge in [-0.1, -0.05) is 18.2 Å². The van der Waals surface area contributed by atoms with Crippen LogP contribution < -0.4 is 5.32 Å². The molecule has 0 fully saturated rings. The molecule has 2 aromatic carbocycles. The van der Waals surface area contributed by atoms with E-state index < -0.39 is 0 Å². The van der Waals surface area contributed by atoms with Crippen molar-refractivity contribution >= 4 is 34.5 Å². The quantitative estimate of drug-likeness (QED) is 0.414. The lowest BCUT2D eigenvalue weighted by Crippen LogP contribution is -2.37. The normalized spacial score (nSPS) is 13.1. The lowest BCUT2D eigenvalue weighted by molar-refractivity contribution is 0.0734. The van der Waals surface area contributed by atoms with E-state index in [9.17, 15) is 9.59 Å². The number of nitrogens with one attached hydrogen (secondary N) is 2. The Morgan fingerprint density at radius 3 is 2.88 bits per heavy atom. The number of thioether (sulfide) groups is 1. The highest BCUT2D eigenvalue weighted by atomic mass is 32.2. The summed E-state index contributed by atoms with van der Waals surface area (Å²) < 4.78 is 0. The summed E-state index contributed by atoms with van der Waals surface area (Å²) in [5.74, 6) is -0.0690. The van der Waals surface area contributed by atoms with E-state index in [1.165, 1.54) is 5.56 Å². The fourth-order valence-electron chi connectivity index (χ4n) is 4.59. The predicted molar refractivity (Wildman–Crippen MR) is 135 cm³/mol. The number of aromatic amines is 1. The molecule has 2 aromatic heterocycles. The Morgan fingerprint density at radius 2 is 2.03 bits per heavy atom. The van der Waals surface area contributed by atoms with Gasteiger partial charge in [0.2, 0.25) is 0 Å². The second-order valence-electron chi connectivity index (χ2n) is 8.47. The van der Waals surface area contributed by atoms with Gasteiger partial charge in [0.1, 0.15) is 0 Å². The first-order valence-electron chi connectivity index (χ1n) is 11.3. The minimum absolute atomic E-state index is 0.0197. The zero-order chi connectivity index (χ0) is 23.7. The number of aromatic nitrogens is 2. The first-order chi connectivity index (χ1) is 16.5. The fourth-order valence-corrected chi connectivity index (χ4v) is 5.18. The van der Waals surface area contributed by atoms with Crippen LogP contribution in [-0.2, 0) is 19.5 Å². The highest BCUT2D eigenvalue weighted by Crippen LogP contribution is 2.26. The first-order valence-corrected chi connectivity index (χ1v) is 12.5. The molecule has 0 radical (unpaired) electrons. The standard InChI is InChI=1S/C27H26N4O2S/c1-17-23(15-30-26(32)22-5-3-4-6-25(22)34-2)21-10-12-31(16-20(21)14-29-17)27(33)19-8-7-18-9-11-28-24(18)13-19/h3-9,11,13-14,28H,10,12,15-16H2,1-2H3,(H,30,32). The molecule has 0 spiro atoms. The van der Waals surface area contributed by atoms with Crippen molar-refractivity contribution < 1.29 is 9.59 Å². The Kier molecular flexibility index (Phi) is 6.11. The summed E-state index contributed by atoms with van der Waals surface area (Å²) in [5.41, 5.74) is 6.51. The number of nitrogens with zero attached hydrogens (tertiary/aromatic N) is 2. The maximum atomic E-state index is 13.2. The van der Waals surface area contributed by atoms with Crippen molar-refractivity contribution in [1.29, 1.82) is 0 Å². The average molecular weight is 471 g/mol. The van der Waals surface area contributed by atoms with Gasteiger partial charge < -0.3 is 15.2 Å². The number of hydrogen-bond acceptors (Lipinski definition) is 4. The summed E-state index contributed by atoms with van der Waals surface area (Å²) >= 11 is 1.56. The average Bonchev–Trinajstić information content (AvgIpc) is 3.35. The van der Waals surface area contributed by atoms with Crippen molar-refractivity contribution in [3.8, 4) is 0 Å². The number of hydrogen-bond donors (Lipinski definition) is 2. The number of pyridine rings is 1. The molecular formula is C27H26N4O2S. The largest absolute Gasteiger partial charge is 0.361 e. The summed E-state index contributed by atoms with van der Waals surface area (Å²) in [6, 6.07) is 15.4. The van der Waals surface area contributed by atoms with E-state index >= 15 is 0 Å². The second kappa shape index (κ2) is 9.35. The molecule has 6 nitrogen and oxygen atoms in total. The van der Waals surface area contributed by atoms with Crippen LogP contribution in [0.25, 0.3) is 10.9 Å². The van der Waals surface area contributed by atoms with Crippen LogP contribution in [0.5, 0.6) is 0 Å². The van der Waals surface area contributed by atoms with Crippen LogP contribution in [0.3, 0.4) is 0 Å². The molecular weight excluding hydrogens is 444 g/mol. The number of aryl methyl sites for hydroxylation is 1. The van der Waals surface area contributed by atoms with Gasteiger partial charge in [0.05, 0.1) is 5.56 Å². The molecule has 172 valence electrons. The molecule has 1 aliphatic rings. The maximum absolute atomic E-state index is 13.2. The van der Waals surface area contributed by atoms with E-state index in [0.717, 1.165) is 39.0 Å². The van der Waals surface area contributed by atoms with Gasteiger partial charge in [-0.05, 0) is 72.0 Å². The molecule has 7 heteroatoms. The van der Waals surface area contributed by atoms with Crippen molar-refractivity contribution in [2.45, 2.75) is 31.3 Å². The molecule has 0 aliphatic carbocycles. The molecule has 0 saturated heterocycles. The highest BCUT2D eigenvalue weighted by Gasteiger charge is 2.25. The van der Waals surface area contributed by atoms with E-state index in [1.807, 2.05) is 79.0 Å². The van der Waals surface area contributed by atoms with Crippen LogP contribution in [0.2, 0.25) is 0 Å². The van der Waals surface area contributed by atoms with Crippen molar-refractivity contribution in [3.05, 3.63) is 94.4 Å². The Bertz CT molecular complexity index is 1390. The number of carbonyl (C=O) groups is 2. The van der Waals surface area contributed by atoms with Gasteiger partial charge in [0, 0.05) is 53.7 Å².